The lowest BCUT2D eigenvalue weighted by molar-refractivity contribution is 0.0943. The Kier molecular flexibility index (Phi) is 4.85. The molecule has 1 amide bonds. The topological polar surface area (TPSA) is 69.0 Å². The number of halogens is 2. The van der Waals surface area contributed by atoms with Crippen molar-refractivity contribution in [1.29, 1.82) is 0 Å². The van der Waals surface area contributed by atoms with Gasteiger partial charge < -0.3 is 10.1 Å². The standard InChI is InChI=1S/C18H16F2N4O2S/c19-12-3-4-16(14(20)7-12)26-10-24-6-5-15(23-24)17(25)21-8-13-9-27-18(22-13)11-1-2-11/h3-7,9,11H,1-2,8,10H2,(H,21,25). The van der Waals surface area contributed by atoms with Crippen LogP contribution in [0.4, 0.5) is 8.78 Å². The maximum atomic E-state index is 13.5. The zero-order valence-electron chi connectivity index (χ0n) is 14.2. The maximum Gasteiger partial charge on any atom is 0.272 e. The number of ether oxygens (including phenoxy) is 1. The molecule has 0 atom stereocenters. The Morgan fingerprint density at radius 1 is 1.33 bits per heavy atom. The van der Waals surface area contributed by atoms with E-state index in [1.165, 1.54) is 29.7 Å². The van der Waals surface area contributed by atoms with Crippen LogP contribution in [-0.2, 0) is 13.3 Å². The third-order valence-corrected chi connectivity index (χ3v) is 5.10. The van der Waals surface area contributed by atoms with Crippen LogP contribution in [0.5, 0.6) is 5.75 Å². The van der Waals surface area contributed by atoms with Gasteiger partial charge in [0.05, 0.1) is 17.2 Å². The predicted molar refractivity (Wildman–Crippen MR) is 94.5 cm³/mol. The smallest absolute Gasteiger partial charge is 0.272 e. The fraction of sp³-hybridized carbons (Fsp3) is 0.278. The van der Waals surface area contributed by atoms with E-state index in [-0.39, 0.29) is 24.1 Å². The molecule has 2 aromatic heterocycles. The summed E-state index contributed by atoms with van der Waals surface area (Å²) in [5.41, 5.74) is 1.06. The minimum Gasteiger partial charge on any atom is -0.468 e. The van der Waals surface area contributed by atoms with Crippen LogP contribution in [0.1, 0.15) is 39.9 Å². The van der Waals surface area contributed by atoms with Crippen LogP contribution in [0.2, 0.25) is 0 Å². The molecule has 0 spiro atoms. The van der Waals surface area contributed by atoms with E-state index in [2.05, 4.69) is 15.4 Å². The normalized spacial score (nSPS) is 13.6. The molecule has 0 saturated heterocycles. The van der Waals surface area contributed by atoms with Gasteiger partial charge in [0, 0.05) is 23.6 Å². The molecule has 0 bridgehead atoms. The average Bonchev–Trinajstić information content (AvgIpc) is 3.20. The van der Waals surface area contributed by atoms with E-state index in [1.807, 2.05) is 5.38 Å². The first-order valence-electron chi connectivity index (χ1n) is 8.42. The number of rotatable bonds is 7. The van der Waals surface area contributed by atoms with Crippen LogP contribution in [-0.4, -0.2) is 20.7 Å². The molecule has 9 heteroatoms. The largest absolute Gasteiger partial charge is 0.468 e. The zero-order chi connectivity index (χ0) is 18.8. The molecule has 2 heterocycles. The lowest BCUT2D eigenvalue weighted by atomic mass is 10.3. The highest BCUT2D eigenvalue weighted by atomic mass is 32.1. The first-order valence-corrected chi connectivity index (χ1v) is 9.30. The lowest BCUT2D eigenvalue weighted by Crippen LogP contribution is -2.23. The summed E-state index contributed by atoms with van der Waals surface area (Å²) in [5, 5.41) is 9.96. The molecular weight excluding hydrogens is 374 g/mol. The number of hydrogen-bond acceptors (Lipinski definition) is 5. The number of carbonyl (C=O) groups is 1. The van der Waals surface area contributed by atoms with Crippen molar-refractivity contribution in [3.05, 3.63) is 63.9 Å². The third kappa shape index (κ3) is 4.30. The van der Waals surface area contributed by atoms with Crippen molar-refractivity contribution in [3.63, 3.8) is 0 Å². The van der Waals surface area contributed by atoms with Crippen molar-refractivity contribution in [2.75, 3.05) is 0 Å². The molecule has 1 N–H and O–H groups in total. The van der Waals surface area contributed by atoms with Crippen molar-refractivity contribution in [2.45, 2.75) is 32.0 Å². The Labute approximate surface area is 157 Å². The average molecular weight is 390 g/mol. The predicted octanol–water partition coefficient (Wildman–Crippen LogP) is 3.46. The number of amides is 1. The monoisotopic (exact) mass is 390 g/mol. The van der Waals surface area contributed by atoms with Gasteiger partial charge in [-0.3, -0.25) is 4.79 Å². The number of thiazole rings is 1. The first kappa shape index (κ1) is 17.6. The van der Waals surface area contributed by atoms with E-state index >= 15 is 0 Å². The van der Waals surface area contributed by atoms with Crippen LogP contribution < -0.4 is 10.1 Å². The van der Waals surface area contributed by atoms with Crippen LogP contribution in [0.25, 0.3) is 0 Å². The molecule has 1 saturated carbocycles. The fourth-order valence-corrected chi connectivity index (χ4v) is 3.46. The van der Waals surface area contributed by atoms with Crippen LogP contribution in [0.3, 0.4) is 0 Å². The molecule has 0 aliphatic heterocycles. The summed E-state index contributed by atoms with van der Waals surface area (Å²) in [6, 6.07) is 4.58. The highest BCUT2D eigenvalue weighted by molar-refractivity contribution is 7.09. The molecule has 1 aliphatic carbocycles. The number of nitrogens with zero attached hydrogens (tertiary/aromatic N) is 3. The number of benzene rings is 1. The van der Waals surface area contributed by atoms with Gasteiger partial charge in [0.2, 0.25) is 0 Å². The van der Waals surface area contributed by atoms with Crippen molar-refractivity contribution in [2.24, 2.45) is 0 Å². The Hall–Kier alpha value is -2.81. The van der Waals surface area contributed by atoms with Gasteiger partial charge in [-0.05, 0) is 31.0 Å². The second kappa shape index (κ2) is 7.43. The van der Waals surface area contributed by atoms with E-state index < -0.39 is 11.6 Å². The summed E-state index contributed by atoms with van der Waals surface area (Å²) < 4.78 is 33.0. The molecule has 140 valence electrons. The van der Waals surface area contributed by atoms with E-state index in [9.17, 15) is 13.6 Å². The molecular formula is C18H16F2N4O2S. The van der Waals surface area contributed by atoms with Gasteiger partial charge in [-0.25, -0.2) is 18.4 Å². The van der Waals surface area contributed by atoms with Gasteiger partial charge in [0.15, 0.2) is 18.3 Å². The summed E-state index contributed by atoms with van der Waals surface area (Å²) in [7, 11) is 0. The van der Waals surface area contributed by atoms with Gasteiger partial charge >= 0.3 is 0 Å². The van der Waals surface area contributed by atoms with Gasteiger partial charge in [0.1, 0.15) is 11.5 Å². The Bertz CT molecular complexity index is 968. The third-order valence-electron chi connectivity index (χ3n) is 4.05. The number of carbonyl (C=O) groups excluding carboxylic acids is 1. The Morgan fingerprint density at radius 2 is 2.19 bits per heavy atom. The van der Waals surface area contributed by atoms with Crippen molar-refractivity contribution >= 4 is 17.2 Å². The van der Waals surface area contributed by atoms with E-state index in [1.54, 1.807) is 17.5 Å². The van der Waals surface area contributed by atoms with Crippen molar-refractivity contribution < 1.29 is 18.3 Å². The highest BCUT2D eigenvalue weighted by Gasteiger charge is 2.26. The maximum absolute atomic E-state index is 13.5. The minimum atomic E-state index is -0.797. The number of aromatic nitrogens is 3. The molecule has 1 aromatic carbocycles. The first-order chi connectivity index (χ1) is 13.1. The SMILES string of the molecule is O=C(NCc1csc(C2CC2)n1)c1ccn(COc2ccc(F)cc2F)n1. The number of hydrogen-bond donors (Lipinski definition) is 1. The van der Waals surface area contributed by atoms with Crippen LogP contribution in [0.15, 0.2) is 35.8 Å². The van der Waals surface area contributed by atoms with E-state index in [0.29, 0.717) is 12.5 Å². The molecule has 1 aliphatic rings. The molecule has 27 heavy (non-hydrogen) atoms. The van der Waals surface area contributed by atoms with E-state index in [4.69, 9.17) is 4.74 Å². The molecule has 0 radical (unpaired) electrons. The molecule has 1 fully saturated rings. The van der Waals surface area contributed by atoms with Gasteiger partial charge in [-0.1, -0.05) is 0 Å². The molecule has 0 unspecified atom stereocenters. The summed E-state index contributed by atoms with van der Waals surface area (Å²) in [6.45, 7) is 0.235. The summed E-state index contributed by atoms with van der Waals surface area (Å²) in [4.78, 5) is 16.7. The van der Waals surface area contributed by atoms with Crippen LogP contribution >= 0.6 is 11.3 Å². The van der Waals surface area contributed by atoms with Gasteiger partial charge in [-0.15, -0.1) is 11.3 Å². The number of nitrogens with one attached hydrogen (secondary N) is 1. The van der Waals surface area contributed by atoms with E-state index in [0.717, 1.165) is 22.8 Å². The molecule has 3 aromatic rings. The second-order valence-electron chi connectivity index (χ2n) is 6.22. The molecule has 6 nitrogen and oxygen atoms in total. The van der Waals surface area contributed by atoms with Gasteiger partial charge in [-0.2, -0.15) is 5.10 Å². The van der Waals surface area contributed by atoms with Gasteiger partial charge in [0.25, 0.3) is 5.91 Å². The second-order valence-corrected chi connectivity index (χ2v) is 7.11. The zero-order valence-corrected chi connectivity index (χ0v) is 15.0. The quantitative estimate of drug-likeness (QED) is 0.671. The summed E-state index contributed by atoms with van der Waals surface area (Å²) in [5.74, 6) is -1.30. The summed E-state index contributed by atoms with van der Waals surface area (Å²) in [6.07, 6.45) is 3.94. The van der Waals surface area contributed by atoms with Crippen molar-refractivity contribution in [3.8, 4) is 5.75 Å². The lowest BCUT2D eigenvalue weighted by Gasteiger charge is -2.07. The minimum absolute atomic E-state index is 0.0899. The molecule has 4 rings (SSSR count). The summed E-state index contributed by atoms with van der Waals surface area (Å²) >= 11 is 1.63. The van der Waals surface area contributed by atoms with Crippen LogP contribution in [0, 0.1) is 11.6 Å². The van der Waals surface area contributed by atoms with Crippen molar-refractivity contribution in [1.82, 2.24) is 20.1 Å². The fourth-order valence-electron chi connectivity index (χ4n) is 2.47. The highest BCUT2D eigenvalue weighted by Crippen LogP contribution is 2.41. The Morgan fingerprint density at radius 3 is 2.96 bits per heavy atom. The Balaban J connectivity index is 1.30.